The van der Waals surface area contributed by atoms with Crippen LogP contribution in [0.25, 0.3) is 44.5 Å². The van der Waals surface area contributed by atoms with E-state index in [9.17, 15) is 9.59 Å². The maximum Gasteiger partial charge on any atom is 0.256 e. The summed E-state index contributed by atoms with van der Waals surface area (Å²) < 4.78 is 0. The van der Waals surface area contributed by atoms with E-state index < -0.39 is 0 Å². The molecule has 0 unspecified atom stereocenters. The maximum absolute atomic E-state index is 12.8. The van der Waals surface area contributed by atoms with Crippen LogP contribution in [-0.2, 0) is 0 Å². The molecule has 7 rings (SSSR count). The molecule has 0 aliphatic heterocycles. The fourth-order valence-corrected chi connectivity index (χ4v) is 5.53. The molecule has 7 nitrogen and oxygen atoms in total. The molecule has 45 heavy (non-hydrogen) atoms. The van der Waals surface area contributed by atoms with Crippen LogP contribution in [0.4, 0.5) is 0 Å². The van der Waals surface area contributed by atoms with Crippen molar-refractivity contribution in [3.05, 3.63) is 145 Å². The lowest BCUT2D eigenvalue weighted by atomic mass is 9.98. The lowest BCUT2D eigenvalue weighted by molar-refractivity contribution is 0.0773. The number of fused-ring (bicyclic) bond motifs is 3. The van der Waals surface area contributed by atoms with Gasteiger partial charge in [0.1, 0.15) is 0 Å². The molecule has 4 aromatic heterocycles. The van der Waals surface area contributed by atoms with Crippen LogP contribution in [-0.4, -0.2) is 49.6 Å². The summed E-state index contributed by atoms with van der Waals surface area (Å²) in [6.07, 6.45) is 13.8. The third kappa shape index (κ3) is 6.01. The van der Waals surface area contributed by atoms with Crippen LogP contribution in [0, 0.1) is 0 Å². The molecule has 0 atom stereocenters. The predicted octanol–water partition coefficient (Wildman–Crippen LogP) is 7.65. The first-order valence-electron chi connectivity index (χ1n) is 14.9. The second-order valence-corrected chi connectivity index (χ2v) is 10.5. The number of carbonyl (C=O) groups excluding carboxylic acids is 2. The highest BCUT2D eigenvalue weighted by molar-refractivity contribution is 6.21. The van der Waals surface area contributed by atoms with Gasteiger partial charge in [0.25, 0.3) is 5.91 Å². The third-order valence-electron chi connectivity index (χ3n) is 7.95. The maximum atomic E-state index is 12.8. The monoisotopic (exact) mass is 589 g/mol. The molecular formula is C38H31N5O2. The van der Waals surface area contributed by atoms with Gasteiger partial charge in [-0.3, -0.25) is 29.5 Å². The molecule has 1 aliphatic rings. The fraction of sp³-hybridized carbons (Fsp3) is 0.105. The van der Waals surface area contributed by atoms with Crippen LogP contribution in [0.1, 0.15) is 40.1 Å². The molecular weight excluding hydrogens is 558 g/mol. The van der Waals surface area contributed by atoms with Gasteiger partial charge >= 0.3 is 0 Å². The van der Waals surface area contributed by atoms with Crippen LogP contribution in [0.2, 0.25) is 0 Å². The minimum absolute atomic E-state index is 0.0197. The number of pyridine rings is 4. The second-order valence-electron chi connectivity index (χ2n) is 10.5. The average Bonchev–Trinajstić information content (AvgIpc) is 3.40. The topological polar surface area (TPSA) is 88.9 Å². The Hall–Kier alpha value is -5.82. The van der Waals surface area contributed by atoms with E-state index in [1.807, 2.05) is 85.5 Å². The Morgan fingerprint density at radius 2 is 1.00 bits per heavy atom. The molecule has 0 radical (unpaired) electrons. The number of rotatable bonds is 6. The highest BCUT2D eigenvalue weighted by atomic mass is 16.2. The van der Waals surface area contributed by atoms with E-state index in [-0.39, 0.29) is 11.7 Å². The summed E-state index contributed by atoms with van der Waals surface area (Å²) in [5.74, 6) is 0.0744. The lowest BCUT2D eigenvalue weighted by Crippen LogP contribution is -2.30. The van der Waals surface area contributed by atoms with Gasteiger partial charge in [-0.2, -0.15) is 0 Å². The lowest BCUT2D eigenvalue weighted by Gasteiger charge is -2.20. The summed E-state index contributed by atoms with van der Waals surface area (Å²) in [7, 11) is 0. The van der Waals surface area contributed by atoms with E-state index >= 15 is 0 Å². The number of carbonyl (C=O) groups is 2. The Kier molecular flexibility index (Phi) is 8.60. The van der Waals surface area contributed by atoms with Gasteiger partial charge in [0.2, 0.25) is 0 Å². The van der Waals surface area contributed by atoms with E-state index in [1.165, 1.54) is 0 Å². The third-order valence-corrected chi connectivity index (χ3v) is 7.95. The van der Waals surface area contributed by atoms with Crippen LogP contribution >= 0.6 is 0 Å². The number of benzene rings is 2. The zero-order valence-corrected chi connectivity index (χ0v) is 25.1. The molecule has 7 heteroatoms. The van der Waals surface area contributed by atoms with Gasteiger partial charge in [-0.25, -0.2) is 0 Å². The van der Waals surface area contributed by atoms with Gasteiger partial charge in [0, 0.05) is 73.8 Å². The van der Waals surface area contributed by atoms with Crippen molar-refractivity contribution in [2.24, 2.45) is 0 Å². The number of ketones is 1. The van der Waals surface area contributed by atoms with Crippen molar-refractivity contribution in [2.75, 3.05) is 13.1 Å². The standard InChI is InChI=1S/C21H21N3O.C17H10N2O/c1-3-24(4-2)21(25)20-15-23-14-11-19(20)18-7-5-16(6-8-18)17-9-12-22-13-10-17;20-17-15-9-12(11-3-6-18-7-4-11)1-2-13(15)14-5-8-19-10-16(14)17/h5-15H,3-4H2,1-2H3;1-10H. The van der Waals surface area contributed by atoms with Crippen molar-refractivity contribution in [3.8, 4) is 44.5 Å². The van der Waals surface area contributed by atoms with Crippen molar-refractivity contribution in [2.45, 2.75) is 13.8 Å². The van der Waals surface area contributed by atoms with E-state index in [2.05, 4.69) is 32.1 Å². The first-order chi connectivity index (χ1) is 22.1. The Balaban J connectivity index is 0.000000162. The largest absolute Gasteiger partial charge is 0.339 e. The van der Waals surface area contributed by atoms with Gasteiger partial charge in [-0.15, -0.1) is 0 Å². The molecule has 0 saturated carbocycles. The van der Waals surface area contributed by atoms with Crippen molar-refractivity contribution in [1.82, 2.24) is 24.8 Å². The fourth-order valence-electron chi connectivity index (χ4n) is 5.53. The molecule has 2 aromatic carbocycles. The zero-order valence-electron chi connectivity index (χ0n) is 25.1. The normalized spacial score (nSPS) is 11.2. The molecule has 0 bridgehead atoms. The van der Waals surface area contributed by atoms with E-state index in [4.69, 9.17) is 0 Å². The number of hydrogen-bond acceptors (Lipinski definition) is 6. The molecule has 4 heterocycles. The van der Waals surface area contributed by atoms with Crippen LogP contribution in [0.15, 0.2) is 128 Å². The molecule has 0 spiro atoms. The van der Waals surface area contributed by atoms with Crippen LogP contribution in [0.5, 0.6) is 0 Å². The van der Waals surface area contributed by atoms with Crippen molar-refractivity contribution >= 4 is 11.7 Å². The zero-order chi connectivity index (χ0) is 31.2. The van der Waals surface area contributed by atoms with Crippen molar-refractivity contribution in [3.63, 3.8) is 0 Å². The Bertz CT molecular complexity index is 1950. The first kappa shape index (κ1) is 29.3. The minimum atomic E-state index is 0.0197. The first-order valence-corrected chi connectivity index (χ1v) is 14.9. The molecule has 1 aliphatic carbocycles. The number of amides is 1. The Labute approximate surface area is 262 Å². The smallest absolute Gasteiger partial charge is 0.256 e. The van der Waals surface area contributed by atoms with Gasteiger partial charge < -0.3 is 4.90 Å². The molecule has 1 amide bonds. The van der Waals surface area contributed by atoms with Gasteiger partial charge in [-0.05, 0) is 101 Å². The van der Waals surface area contributed by atoms with Crippen molar-refractivity contribution in [1.29, 1.82) is 0 Å². The van der Waals surface area contributed by atoms with Gasteiger partial charge in [0.05, 0.1) is 5.56 Å². The Morgan fingerprint density at radius 1 is 0.511 bits per heavy atom. The highest BCUT2D eigenvalue weighted by Crippen LogP contribution is 2.38. The molecule has 0 fully saturated rings. The highest BCUT2D eigenvalue weighted by Gasteiger charge is 2.26. The molecule has 0 N–H and O–H groups in total. The number of nitrogens with zero attached hydrogens (tertiary/aromatic N) is 5. The SMILES string of the molecule is CCN(CC)C(=O)c1cnccc1-c1ccc(-c2ccncc2)cc1.O=C1c2cnccc2-c2ccc(-c3ccncc3)cc21. The summed E-state index contributed by atoms with van der Waals surface area (Å²) in [4.78, 5) is 43.3. The summed E-state index contributed by atoms with van der Waals surface area (Å²) in [6.45, 7) is 5.34. The van der Waals surface area contributed by atoms with E-state index in [0.717, 1.165) is 50.1 Å². The van der Waals surface area contributed by atoms with Gasteiger partial charge in [0.15, 0.2) is 5.78 Å². The van der Waals surface area contributed by atoms with Crippen LogP contribution < -0.4 is 0 Å². The van der Waals surface area contributed by atoms with E-state index in [0.29, 0.717) is 24.2 Å². The predicted molar refractivity (Wildman–Crippen MR) is 176 cm³/mol. The summed E-state index contributed by atoms with van der Waals surface area (Å²) in [5, 5.41) is 0. The second kappa shape index (κ2) is 13.2. The average molecular weight is 590 g/mol. The van der Waals surface area contributed by atoms with E-state index in [1.54, 1.807) is 49.6 Å². The number of aromatic nitrogens is 4. The minimum Gasteiger partial charge on any atom is -0.339 e. The quantitative estimate of drug-likeness (QED) is 0.198. The Morgan fingerprint density at radius 3 is 1.64 bits per heavy atom. The van der Waals surface area contributed by atoms with Crippen molar-refractivity contribution < 1.29 is 9.59 Å². The molecule has 0 saturated heterocycles. The summed E-state index contributed by atoms with van der Waals surface area (Å²) in [6, 6.07) is 25.9. The summed E-state index contributed by atoms with van der Waals surface area (Å²) >= 11 is 0. The van der Waals surface area contributed by atoms with Crippen LogP contribution in [0.3, 0.4) is 0 Å². The van der Waals surface area contributed by atoms with Gasteiger partial charge in [-0.1, -0.05) is 36.4 Å². The number of hydrogen-bond donors (Lipinski definition) is 0. The molecule has 6 aromatic rings. The molecule has 220 valence electrons. The summed E-state index contributed by atoms with van der Waals surface area (Å²) in [5.41, 5.74) is 10.3.